The van der Waals surface area contributed by atoms with E-state index in [0.717, 1.165) is 15.7 Å². The number of rotatable bonds is 3. The van der Waals surface area contributed by atoms with Crippen LogP contribution in [0.15, 0.2) is 22.7 Å². The second-order valence-corrected chi connectivity index (χ2v) is 6.79. The first kappa shape index (κ1) is 15.2. The summed E-state index contributed by atoms with van der Waals surface area (Å²) < 4.78 is 0.938. The number of hydrogen-bond donors (Lipinski definition) is 0. The third kappa shape index (κ3) is 3.35. The van der Waals surface area contributed by atoms with E-state index in [-0.39, 0.29) is 11.2 Å². The Morgan fingerprint density at radius 1 is 1.33 bits per heavy atom. The maximum absolute atomic E-state index is 11.7. The fourth-order valence-corrected chi connectivity index (χ4v) is 2.25. The van der Waals surface area contributed by atoms with Gasteiger partial charge >= 0.3 is 0 Å². The van der Waals surface area contributed by atoms with Gasteiger partial charge in [0.1, 0.15) is 0 Å². The third-order valence-electron chi connectivity index (χ3n) is 3.55. The lowest BCUT2D eigenvalue weighted by atomic mass is 9.86. The minimum absolute atomic E-state index is 0.0965. The molecule has 3 heteroatoms. The summed E-state index contributed by atoms with van der Waals surface area (Å²) in [4.78, 5) is 13.9. The van der Waals surface area contributed by atoms with Crippen molar-refractivity contribution in [2.75, 3.05) is 11.9 Å². The van der Waals surface area contributed by atoms with Crippen molar-refractivity contribution >= 4 is 27.4 Å². The summed E-state index contributed by atoms with van der Waals surface area (Å²) >= 11 is 3.42. The van der Waals surface area contributed by atoms with Gasteiger partial charge in [-0.05, 0) is 37.5 Å². The predicted octanol–water partition coefficient (Wildman–Crippen LogP) is 4.52. The van der Waals surface area contributed by atoms with Crippen molar-refractivity contribution in [1.82, 2.24) is 0 Å². The highest BCUT2D eigenvalue weighted by molar-refractivity contribution is 9.10. The monoisotopic (exact) mass is 311 g/mol. The Balaban J connectivity index is 3.21. The van der Waals surface area contributed by atoms with Gasteiger partial charge in [0, 0.05) is 28.8 Å². The van der Waals surface area contributed by atoms with Crippen LogP contribution in [0.4, 0.5) is 5.69 Å². The van der Waals surface area contributed by atoms with Crippen LogP contribution in [0.1, 0.15) is 45.0 Å². The van der Waals surface area contributed by atoms with E-state index >= 15 is 0 Å². The third-order valence-corrected chi connectivity index (χ3v) is 4.05. The van der Waals surface area contributed by atoms with Crippen molar-refractivity contribution < 1.29 is 4.79 Å². The number of ketones is 1. The molecule has 1 unspecified atom stereocenters. The van der Waals surface area contributed by atoms with E-state index in [1.807, 2.05) is 25.2 Å². The van der Waals surface area contributed by atoms with Gasteiger partial charge in [-0.15, -0.1) is 0 Å². The molecule has 0 aliphatic carbocycles. The van der Waals surface area contributed by atoms with Gasteiger partial charge in [-0.1, -0.05) is 36.7 Å². The predicted molar refractivity (Wildman–Crippen MR) is 81.5 cm³/mol. The van der Waals surface area contributed by atoms with Gasteiger partial charge in [-0.3, -0.25) is 4.79 Å². The molecule has 18 heavy (non-hydrogen) atoms. The number of hydrogen-bond acceptors (Lipinski definition) is 2. The summed E-state index contributed by atoms with van der Waals surface area (Å²) in [7, 11) is 2.05. The fraction of sp³-hybridized carbons (Fsp3) is 0.533. The molecule has 0 amide bonds. The molecule has 2 nitrogen and oxygen atoms in total. The number of anilines is 1. The normalized spacial score (nSPS) is 13.3. The van der Waals surface area contributed by atoms with Gasteiger partial charge in [0.15, 0.2) is 5.78 Å². The average Bonchev–Trinajstić information content (AvgIpc) is 2.25. The molecule has 0 spiro atoms. The lowest BCUT2D eigenvalue weighted by Crippen LogP contribution is -2.40. The van der Waals surface area contributed by atoms with Gasteiger partial charge in [0.25, 0.3) is 0 Å². The first-order valence-corrected chi connectivity index (χ1v) is 6.97. The minimum atomic E-state index is 0.0965. The first-order valence-electron chi connectivity index (χ1n) is 6.18. The van der Waals surface area contributed by atoms with Crippen molar-refractivity contribution in [2.24, 2.45) is 5.41 Å². The lowest BCUT2D eigenvalue weighted by molar-refractivity contribution is 0.101. The topological polar surface area (TPSA) is 20.3 Å². The van der Waals surface area contributed by atoms with Crippen LogP contribution in [0.25, 0.3) is 0 Å². The average molecular weight is 312 g/mol. The van der Waals surface area contributed by atoms with E-state index in [9.17, 15) is 4.79 Å². The number of halogens is 1. The summed E-state index contributed by atoms with van der Waals surface area (Å²) in [6.07, 6.45) is 0. The molecule has 0 fully saturated rings. The quantitative estimate of drug-likeness (QED) is 0.765. The molecule has 0 heterocycles. The summed E-state index contributed by atoms with van der Waals surface area (Å²) in [6, 6.07) is 6.22. The standard InChI is InChI=1S/C15H22BrNO/c1-10(18)13-9-12(16)7-8-14(13)17(6)11(2)15(3,4)5/h7-9,11H,1-6H3. The maximum atomic E-state index is 11.7. The SMILES string of the molecule is CC(=O)c1cc(Br)ccc1N(C)C(C)C(C)(C)C. The van der Waals surface area contributed by atoms with Crippen LogP contribution in [0, 0.1) is 5.41 Å². The summed E-state index contributed by atoms with van der Waals surface area (Å²) in [5.74, 6) is 0.0965. The number of Topliss-reactive ketones (excluding diaryl/α,β-unsaturated/α-hetero) is 1. The Morgan fingerprint density at radius 3 is 2.33 bits per heavy atom. The van der Waals surface area contributed by atoms with Crippen molar-refractivity contribution in [1.29, 1.82) is 0 Å². The number of carbonyl (C=O) groups is 1. The molecule has 0 bridgehead atoms. The second-order valence-electron chi connectivity index (χ2n) is 5.87. The van der Waals surface area contributed by atoms with Crippen molar-refractivity contribution in [2.45, 2.75) is 40.7 Å². The van der Waals surface area contributed by atoms with Crippen LogP contribution >= 0.6 is 15.9 Å². The smallest absolute Gasteiger partial charge is 0.161 e. The van der Waals surface area contributed by atoms with Gasteiger partial charge in [0.2, 0.25) is 0 Å². The molecule has 0 aromatic heterocycles. The maximum Gasteiger partial charge on any atom is 0.161 e. The molecule has 0 radical (unpaired) electrons. The fourth-order valence-electron chi connectivity index (χ4n) is 1.89. The van der Waals surface area contributed by atoms with Crippen LogP contribution in [0.5, 0.6) is 0 Å². The Kier molecular flexibility index (Phi) is 4.60. The Labute approximate surface area is 119 Å². The van der Waals surface area contributed by atoms with Gasteiger partial charge < -0.3 is 4.90 Å². The van der Waals surface area contributed by atoms with Crippen LogP contribution in [0.3, 0.4) is 0 Å². The molecular weight excluding hydrogens is 290 g/mol. The molecular formula is C15H22BrNO. The van der Waals surface area contributed by atoms with Crippen LogP contribution < -0.4 is 4.90 Å². The first-order chi connectivity index (χ1) is 8.14. The van der Waals surface area contributed by atoms with Gasteiger partial charge in [0.05, 0.1) is 0 Å². The highest BCUT2D eigenvalue weighted by atomic mass is 79.9. The van der Waals surface area contributed by atoms with E-state index in [1.54, 1.807) is 6.92 Å². The zero-order valence-corrected chi connectivity index (χ0v) is 13.6. The van der Waals surface area contributed by atoms with E-state index in [0.29, 0.717) is 6.04 Å². The van der Waals surface area contributed by atoms with Crippen molar-refractivity contribution in [3.05, 3.63) is 28.2 Å². The molecule has 100 valence electrons. The highest BCUT2D eigenvalue weighted by Crippen LogP contribution is 2.31. The van der Waals surface area contributed by atoms with Gasteiger partial charge in [-0.2, -0.15) is 0 Å². The van der Waals surface area contributed by atoms with Crippen LogP contribution in [0.2, 0.25) is 0 Å². The van der Waals surface area contributed by atoms with E-state index < -0.39 is 0 Å². The van der Waals surface area contributed by atoms with Crippen LogP contribution in [-0.2, 0) is 0 Å². The number of benzene rings is 1. The second kappa shape index (κ2) is 5.43. The lowest BCUT2D eigenvalue weighted by Gasteiger charge is -2.37. The molecule has 0 N–H and O–H groups in total. The highest BCUT2D eigenvalue weighted by Gasteiger charge is 2.25. The molecule has 0 saturated carbocycles. The molecule has 1 aromatic carbocycles. The number of carbonyl (C=O) groups excluding carboxylic acids is 1. The molecule has 0 aliphatic heterocycles. The molecule has 1 atom stereocenters. The Bertz CT molecular complexity index is 448. The van der Waals surface area contributed by atoms with E-state index in [4.69, 9.17) is 0 Å². The minimum Gasteiger partial charge on any atom is -0.371 e. The van der Waals surface area contributed by atoms with Crippen molar-refractivity contribution in [3.63, 3.8) is 0 Å². The van der Waals surface area contributed by atoms with Crippen LogP contribution in [-0.4, -0.2) is 18.9 Å². The largest absolute Gasteiger partial charge is 0.371 e. The molecule has 1 rings (SSSR count). The van der Waals surface area contributed by atoms with E-state index in [2.05, 4.69) is 48.5 Å². The zero-order chi connectivity index (χ0) is 14.1. The Hall–Kier alpha value is -0.830. The molecule has 0 saturated heterocycles. The molecule has 0 aliphatic rings. The molecule has 1 aromatic rings. The number of nitrogens with zero attached hydrogens (tertiary/aromatic N) is 1. The van der Waals surface area contributed by atoms with E-state index in [1.165, 1.54) is 0 Å². The summed E-state index contributed by atoms with van der Waals surface area (Å²) in [6.45, 7) is 10.4. The Morgan fingerprint density at radius 2 is 1.89 bits per heavy atom. The van der Waals surface area contributed by atoms with Crippen molar-refractivity contribution in [3.8, 4) is 0 Å². The van der Waals surface area contributed by atoms with Gasteiger partial charge in [-0.25, -0.2) is 0 Å². The summed E-state index contributed by atoms with van der Waals surface area (Å²) in [5, 5.41) is 0. The summed E-state index contributed by atoms with van der Waals surface area (Å²) in [5.41, 5.74) is 1.92. The zero-order valence-electron chi connectivity index (χ0n) is 12.0.